The molecule has 0 fully saturated rings. The third-order valence-electron chi connectivity index (χ3n) is 4.59. The molecule has 3 heterocycles. The minimum Gasteiger partial charge on any atom is -0.508 e. The van der Waals surface area contributed by atoms with Crippen molar-refractivity contribution in [2.75, 3.05) is 0 Å². The summed E-state index contributed by atoms with van der Waals surface area (Å²) in [5, 5.41) is 11.5. The summed E-state index contributed by atoms with van der Waals surface area (Å²) in [6.45, 7) is 5.75. The van der Waals surface area contributed by atoms with Crippen molar-refractivity contribution in [1.29, 1.82) is 0 Å². The average Bonchev–Trinajstić information content (AvgIpc) is 2.96. The molecule has 130 valence electrons. The number of pyridine rings is 1. The summed E-state index contributed by atoms with van der Waals surface area (Å²) in [6.07, 6.45) is 5.27. The van der Waals surface area contributed by atoms with Gasteiger partial charge in [0.1, 0.15) is 17.2 Å². The molecule has 4 rings (SSSR count). The maximum Gasteiger partial charge on any atom is 0.139 e. The lowest BCUT2D eigenvalue weighted by Crippen LogP contribution is -1.90. The molecule has 0 saturated heterocycles. The number of hydrogen-bond donors (Lipinski definition) is 2. The predicted octanol–water partition coefficient (Wildman–Crippen LogP) is 4.97. The Bertz CT molecular complexity index is 1130. The van der Waals surface area contributed by atoms with Gasteiger partial charge in [0.05, 0.1) is 10.7 Å². The first-order valence-electron chi connectivity index (χ1n) is 8.21. The van der Waals surface area contributed by atoms with Gasteiger partial charge in [0.25, 0.3) is 0 Å². The van der Waals surface area contributed by atoms with Gasteiger partial charge < -0.3 is 10.1 Å². The van der Waals surface area contributed by atoms with Gasteiger partial charge in [-0.3, -0.25) is 0 Å². The fraction of sp³-hybridized carbons (Fsp3) is 0.150. The molecule has 0 unspecified atom stereocenters. The Hall–Kier alpha value is -2.92. The number of hydrogen-bond acceptors (Lipinski definition) is 4. The number of aromatic amines is 1. The number of phenols is 1. The number of aryl methyl sites for hydroxylation is 2. The normalized spacial score (nSPS) is 11.2. The van der Waals surface area contributed by atoms with Crippen molar-refractivity contribution in [1.82, 2.24) is 19.9 Å². The molecule has 6 heteroatoms. The molecule has 0 bridgehead atoms. The summed E-state index contributed by atoms with van der Waals surface area (Å²) in [6, 6.07) is 5.60. The zero-order valence-corrected chi connectivity index (χ0v) is 15.4. The summed E-state index contributed by atoms with van der Waals surface area (Å²) < 4.78 is 0. The lowest BCUT2D eigenvalue weighted by molar-refractivity contribution is 0.471. The van der Waals surface area contributed by atoms with Crippen molar-refractivity contribution in [3.05, 3.63) is 58.8 Å². The minimum atomic E-state index is 0.267. The number of rotatable bonds is 2. The van der Waals surface area contributed by atoms with Gasteiger partial charge in [-0.1, -0.05) is 17.7 Å². The Morgan fingerprint density at radius 2 is 1.65 bits per heavy atom. The maximum atomic E-state index is 10.1. The van der Waals surface area contributed by atoms with E-state index < -0.39 is 0 Å². The van der Waals surface area contributed by atoms with Crippen LogP contribution < -0.4 is 0 Å². The molecule has 0 aliphatic carbocycles. The second-order valence-corrected chi connectivity index (χ2v) is 6.73. The van der Waals surface area contributed by atoms with Gasteiger partial charge in [-0.25, -0.2) is 15.0 Å². The number of H-pyrrole nitrogens is 1. The van der Waals surface area contributed by atoms with E-state index >= 15 is 0 Å². The van der Waals surface area contributed by atoms with Gasteiger partial charge in [0.2, 0.25) is 0 Å². The summed E-state index contributed by atoms with van der Waals surface area (Å²) in [5.41, 5.74) is 6.03. The maximum absolute atomic E-state index is 10.1. The highest BCUT2D eigenvalue weighted by atomic mass is 35.5. The lowest BCUT2D eigenvalue weighted by Gasteiger charge is -2.11. The Balaban J connectivity index is 1.90. The van der Waals surface area contributed by atoms with Crippen LogP contribution in [-0.2, 0) is 0 Å². The zero-order chi connectivity index (χ0) is 18.4. The van der Waals surface area contributed by atoms with Gasteiger partial charge in [0, 0.05) is 35.1 Å². The Kier molecular flexibility index (Phi) is 3.89. The van der Waals surface area contributed by atoms with Crippen molar-refractivity contribution in [3.8, 4) is 28.1 Å². The monoisotopic (exact) mass is 364 g/mol. The van der Waals surface area contributed by atoms with E-state index in [9.17, 15) is 5.11 Å². The second kappa shape index (κ2) is 6.11. The number of nitrogens with zero attached hydrogens (tertiary/aromatic N) is 3. The zero-order valence-electron chi connectivity index (χ0n) is 14.6. The predicted molar refractivity (Wildman–Crippen MR) is 103 cm³/mol. The fourth-order valence-corrected chi connectivity index (χ4v) is 3.48. The number of phenolic OH excluding ortho intramolecular Hbond substituents is 1. The standard InChI is InChI=1S/C20H17ClN4O/c1-10-4-5-16(26)11(2)17(10)13-6-15-18(21)19(25-20(15)24-7-13)14-8-22-12(3)23-9-14/h4-9,26H,1-3H3,(H,24,25). The fourth-order valence-electron chi connectivity index (χ4n) is 3.18. The summed E-state index contributed by atoms with van der Waals surface area (Å²) in [4.78, 5) is 16.2. The second-order valence-electron chi connectivity index (χ2n) is 6.35. The van der Waals surface area contributed by atoms with Crippen LogP contribution in [0.4, 0.5) is 0 Å². The van der Waals surface area contributed by atoms with Crippen LogP contribution in [0.25, 0.3) is 33.4 Å². The molecule has 4 aromatic rings. The highest BCUT2D eigenvalue weighted by molar-refractivity contribution is 6.38. The molecule has 0 spiro atoms. The SMILES string of the molecule is Cc1ncc(-c2[nH]c3ncc(-c4c(C)ccc(O)c4C)cc3c2Cl)cn1. The van der Waals surface area contributed by atoms with E-state index in [0.29, 0.717) is 16.5 Å². The first-order chi connectivity index (χ1) is 12.5. The van der Waals surface area contributed by atoms with Crippen molar-refractivity contribution in [2.24, 2.45) is 0 Å². The van der Waals surface area contributed by atoms with E-state index in [4.69, 9.17) is 11.6 Å². The van der Waals surface area contributed by atoms with Crippen LogP contribution in [-0.4, -0.2) is 25.0 Å². The van der Waals surface area contributed by atoms with Crippen molar-refractivity contribution in [3.63, 3.8) is 0 Å². The molecule has 0 saturated carbocycles. The average molecular weight is 365 g/mol. The van der Waals surface area contributed by atoms with Crippen molar-refractivity contribution in [2.45, 2.75) is 20.8 Å². The third kappa shape index (κ3) is 2.61. The molecule has 5 nitrogen and oxygen atoms in total. The summed E-state index contributed by atoms with van der Waals surface area (Å²) in [7, 11) is 0. The number of aromatic hydroxyl groups is 1. The van der Waals surface area contributed by atoms with E-state index in [2.05, 4.69) is 19.9 Å². The highest BCUT2D eigenvalue weighted by Gasteiger charge is 2.16. The molecule has 2 N–H and O–H groups in total. The summed E-state index contributed by atoms with van der Waals surface area (Å²) >= 11 is 6.63. The number of halogens is 1. The first-order valence-corrected chi connectivity index (χ1v) is 8.59. The van der Waals surface area contributed by atoms with Crippen LogP contribution in [0, 0.1) is 20.8 Å². The molecular weight excluding hydrogens is 348 g/mol. The molecule has 0 aliphatic heterocycles. The largest absolute Gasteiger partial charge is 0.508 e. The van der Waals surface area contributed by atoms with Crippen LogP contribution in [0.1, 0.15) is 17.0 Å². The van der Waals surface area contributed by atoms with E-state index in [1.165, 1.54) is 0 Å². The molecule has 0 amide bonds. The molecule has 0 radical (unpaired) electrons. The topological polar surface area (TPSA) is 74.7 Å². The minimum absolute atomic E-state index is 0.267. The van der Waals surface area contributed by atoms with E-state index in [0.717, 1.165) is 38.9 Å². The van der Waals surface area contributed by atoms with Gasteiger partial charge in [-0.2, -0.15) is 0 Å². The van der Waals surface area contributed by atoms with Crippen LogP contribution in [0.3, 0.4) is 0 Å². The molecule has 26 heavy (non-hydrogen) atoms. The van der Waals surface area contributed by atoms with Crippen LogP contribution >= 0.6 is 11.6 Å². The Morgan fingerprint density at radius 1 is 0.962 bits per heavy atom. The van der Waals surface area contributed by atoms with Crippen molar-refractivity contribution < 1.29 is 5.11 Å². The van der Waals surface area contributed by atoms with Crippen LogP contribution in [0.2, 0.25) is 5.02 Å². The molecular formula is C20H17ClN4O. The summed E-state index contributed by atoms with van der Waals surface area (Å²) in [5.74, 6) is 0.972. The number of benzene rings is 1. The van der Waals surface area contributed by atoms with Crippen LogP contribution in [0.5, 0.6) is 5.75 Å². The van der Waals surface area contributed by atoms with Gasteiger partial charge in [-0.15, -0.1) is 0 Å². The quantitative estimate of drug-likeness (QED) is 0.526. The number of fused-ring (bicyclic) bond motifs is 1. The number of nitrogens with one attached hydrogen (secondary N) is 1. The van der Waals surface area contributed by atoms with Gasteiger partial charge in [0.15, 0.2) is 0 Å². The Labute approximate surface area is 155 Å². The van der Waals surface area contributed by atoms with E-state index in [1.807, 2.05) is 32.9 Å². The third-order valence-corrected chi connectivity index (χ3v) is 4.98. The van der Waals surface area contributed by atoms with E-state index in [-0.39, 0.29) is 5.75 Å². The molecule has 0 aliphatic rings. The van der Waals surface area contributed by atoms with Gasteiger partial charge >= 0.3 is 0 Å². The van der Waals surface area contributed by atoms with Gasteiger partial charge in [-0.05, 0) is 49.6 Å². The molecule has 3 aromatic heterocycles. The highest BCUT2D eigenvalue weighted by Crippen LogP contribution is 2.37. The molecule has 1 aromatic carbocycles. The van der Waals surface area contributed by atoms with Crippen LogP contribution in [0.15, 0.2) is 36.8 Å². The smallest absolute Gasteiger partial charge is 0.139 e. The van der Waals surface area contributed by atoms with E-state index in [1.54, 1.807) is 24.7 Å². The Morgan fingerprint density at radius 3 is 2.38 bits per heavy atom. The molecule has 0 atom stereocenters. The lowest BCUT2D eigenvalue weighted by atomic mass is 9.96. The van der Waals surface area contributed by atoms with Crippen molar-refractivity contribution >= 4 is 22.6 Å². The number of aromatic nitrogens is 4. The first kappa shape index (κ1) is 16.5.